The van der Waals surface area contributed by atoms with E-state index in [-0.39, 0.29) is 23.4 Å². The number of aromatic amines is 1. The van der Waals surface area contributed by atoms with E-state index >= 15 is 0 Å². The van der Waals surface area contributed by atoms with Crippen molar-refractivity contribution in [1.29, 1.82) is 0 Å². The second-order valence-electron chi connectivity index (χ2n) is 7.59. The van der Waals surface area contributed by atoms with Crippen molar-refractivity contribution < 1.29 is 13.2 Å². The molecule has 30 heavy (non-hydrogen) atoms. The minimum Gasteiger partial charge on any atom is -0.345 e. The van der Waals surface area contributed by atoms with Crippen LogP contribution in [0.25, 0.3) is 0 Å². The number of hydrogen-bond acceptors (Lipinski definition) is 4. The van der Waals surface area contributed by atoms with Gasteiger partial charge in [0.2, 0.25) is 10.0 Å². The Hall–Kier alpha value is -2.97. The molecule has 7 nitrogen and oxygen atoms in total. The third-order valence-corrected chi connectivity index (χ3v) is 7.19. The Balaban J connectivity index is 1.55. The fourth-order valence-corrected chi connectivity index (χ4v) is 4.95. The van der Waals surface area contributed by atoms with Crippen LogP contribution in [0.3, 0.4) is 0 Å². The summed E-state index contributed by atoms with van der Waals surface area (Å²) in [7, 11) is -2.14. The van der Waals surface area contributed by atoms with Gasteiger partial charge in [-0.15, -0.1) is 0 Å². The highest BCUT2D eigenvalue weighted by atomic mass is 32.2. The molecule has 1 atom stereocenters. The molecular formula is C22H24N4O3S. The summed E-state index contributed by atoms with van der Waals surface area (Å²) in [5, 5.41) is 9.98. The van der Waals surface area contributed by atoms with Crippen molar-refractivity contribution in [2.24, 2.45) is 0 Å². The first-order valence-electron chi connectivity index (χ1n) is 9.80. The molecule has 1 heterocycles. The van der Waals surface area contributed by atoms with Gasteiger partial charge in [-0.25, -0.2) is 8.42 Å². The molecule has 2 N–H and O–H groups in total. The summed E-state index contributed by atoms with van der Waals surface area (Å²) in [6.45, 7) is 2.05. The van der Waals surface area contributed by atoms with Crippen LogP contribution < -0.4 is 5.32 Å². The van der Waals surface area contributed by atoms with Crippen molar-refractivity contribution in [2.75, 3.05) is 7.05 Å². The Morgan fingerprint density at radius 3 is 2.67 bits per heavy atom. The van der Waals surface area contributed by atoms with Crippen LogP contribution in [-0.4, -0.2) is 35.9 Å². The summed E-state index contributed by atoms with van der Waals surface area (Å²) in [5.74, 6) is -0.160. The number of amides is 1. The van der Waals surface area contributed by atoms with Crippen molar-refractivity contribution in [3.05, 3.63) is 82.7 Å². The molecule has 0 aliphatic heterocycles. The van der Waals surface area contributed by atoms with Crippen molar-refractivity contribution in [3.63, 3.8) is 0 Å². The SMILES string of the molecule is Cc1cc(CN(C)S(=O)(=O)c2ccc3c(c2)[C@@H](NC(=O)c2ccccc2)CC3)n[nH]1. The molecular weight excluding hydrogens is 400 g/mol. The number of nitrogens with one attached hydrogen (secondary N) is 2. The van der Waals surface area contributed by atoms with Gasteiger partial charge in [0, 0.05) is 18.3 Å². The standard InChI is InChI=1S/C22H24N4O3S/c1-15-12-18(25-24-15)14-26(2)30(28,29)19-10-8-16-9-11-21(20(16)13-19)23-22(27)17-6-4-3-5-7-17/h3-8,10,12-13,21H,9,11,14H2,1-2H3,(H,23,27)(H,24,25)/t21-/m0/s1. The number of rotatable bonds is 6. The molecule has 156 valence electrons. The van der Waals surface area contributed by atoms with Gasteiger partial charge in [-0.2, -0.15) is 9.40 Å². The van der Waals surface area contributed by atoms with E-state index < -0.39 is 10.0 Å². The average molecular weight is 425 g/mol. The van der Waals surface area contributed by atoms with Crippen molar-refractivity contribution >= 4 is 15.9 Å². The zero-order chi connectivity index (χ0) is 21.3. The topological polar surface area (TPSA) is 95.2 Å². The highest BCUT2D eigenvalue weighted by molar-refractivity contribution is 7.89. The van der Waals surface area contributed by atoms with Crippen LogP contribution in [0.1, 0.15) is 45.3 Å². The Morgan fingerprint density at radius 2 is 1.97 bits per heavy atom. The number of carbonyl (C=O) groups is 1. The normalized spacial score (nSPS) is 15.9. The Kier molecular flexibility index (Phi) is 5.44. The van der Waals surface area contributed by atoms with Crippen LogP contribution in [0.15, 0.2) is 59.5 Å². The summed E-state index contributed by atoms with van der Waals surface area (Å²) < 4.78 is 27.5. The second kappa shape index (κ2) is 8.04. The minimum absolute atomic E-state index is 0.160. The van der Waals surface area contributed by atoms with Crippen LogP contribution in [-0.2, 0) is 23.0 Å². The maximum absolute atomic E-state index is 13.1. The third-order valence-electron chi connectivity index (χ3n) is 5.39. The maximum atomic E-state index is 13.1. The lowest BCUT2D eigenvalue weighted by molar-refractivity contribution is 0.0936. The molecule has 4 rings (SSSR count). The van der Waals surface area contributed by atoms with Crippen LogP contribution in [0.5, 0.6) is 0 Å². The van der Waals surface area contributed by atoms with Gasteiger partial charge < -0.3 is 5.32 Å². The summed E-state index contributed by atoms with van der Waals surface area (Å²) >= 11 is 0. The molecule has 0 saturated carbocycles. The molecule has 1 amide bonds. The first-order chi connectivity index (χ1) is 14.3. The molecule has 0 saturated heterocycles. The van der Waals surface area contributed by atoms with Gasteiger partial charge in [-0.05, 0) is 61.2 Å². The zero-order valence-corrected chi connectivity index (χ0v) is 17.7. The Morgan fingerprint density at radius 1 is 1.20 bits per heavy atom. The van der Waals surface area contributed by atoms with E-state index in [2.05, 4.69) is 15.5 Å². The number of aromatic nitrogens is 2. The van der Waals surface area contributed by atoms with Gasteiger partial charge >= 0.3 is 0 Å². The van der Waals surface area contributed by atoms with E-state index in [1.165, 1.54) is 4.31 Å². The average Bonchev–Trinajstić information content (AvgIpc) is 3.34. The van der Waals surface area contributed by atoms with Crippen molar-refractivity contribution in [2.45, 2.75) is 37.2 Å². The molecule has 8 heteroatoms. The summed E-state index contributed by atoms with van der Waals surface area (Å²) in [4.78, 5) is 12.8. The smallest absolute Gasteiger partial charge is 0.251 e. The number of carbonyl (C=O) groups excluding carboxylic acids is 1. The minimum atomic E-state index is -3.69. The van der Waals surface area contributed by atoms with Gasteiger partial charge in [-0.3, -0.25) is 9.89 Å². The van der Waals surface area contributed by atoms with Gasteiger partial charge in [-0.1, -0.05) is 24.3 Å². The van der Waals surface area contributed by atoms with Gasteiger partial charge in [0.05, 0.1) is 23.2 Å². The van der Waals surface area contributed by atoms with Crippen LogP contribution in [0.2, 0.25) is 0 Å². The largest absolute Gasteiger partial charge is 0.345 e. The number of hydrogen-bond donors (Lipinski definition) is 2. The molecule has 3 aromatic rings. The molecule has 0 unspecified atom stereocenters. The highest BCUT2D eigenvalue weighted by Crippen LogP contribution is 2.33. The lowest BCUT2D eigenvalue weighted by Crippen LogP contribution is -2.28. The second-order valence-corrected chi connectivity index (χ2v) is 9.64. The number of aryl methyl sites for hydroxylation is 2. The summed E-state index contributed by atoms with van der Waals surface area (Å²) in [5.41, 5.74) is 4.06. The van der Waals surface area contributed by atoms with Gasteiger partial charge in [0.25, 0.3) is 5.91 Å². The molecule has 2 aromatic carbocycles. The molecule has 1 aromatic heterocycles. The predicted molar refractivity (Wildman–Crippen MR) is 113 cm³/mol. The van der Waals surface area contributed by atoms with E-state index in [0.29, 0.717) is 11.3 Å². The lowest BCUT2D eigenvalue weighted by atomic mass is 10.1. The molecule has 0 bridgehead atoms. The van der Waals surface area contributed by atoms with Gasteiger partial charge in [0.1, 0.15) is 0 Å². The molecule has 1 aliphatic carbocycles. The third kappa shape index (κ3) is 4.01. The number of benzene rings is 2. The first kappa shape index (κ1) is 20.3. The quantitative estimate of drug-likeness (QED) is 0.636. The van der Waals surface area contributed by atoms with Crippen LogP contribution in [0.4, 0.5) is 0 Å². The van der Waals surface area contributed by atoms with Crippen molar-refractivity contribution in [1.82, 2.24) is 19.8 Å². The van der Waals surface area contributed by atoms with E-state index in [4.69, 9.17) is 0 Å². The molecule has 1 aliphatic rings. The van der Waals surface area contributed by atoms with Gasteiger partial charge in [0.15, 0.2) is 0 Å². The Labute approximate surface area is 176 Å². The zero-order valence-electron chi connectivity index (χ0n) is 16.9. The molecule has 0 radical (unpaired) electrons. The predicted octanol–water partition coefficient (Wildman–Crippen LogP) is 2.96. The first-order valence-corrected chi connectivity index (χ1v) is 11.2. The molecule has 0 spiro atoms. The maximum Gasteiger partial charge on any atom is 0.251 e. The Bertz CT molecular complexity index is 1170. The fourth-order valence-electron chi connectivity index (χ4n) is 3.77. The summed E-state index contributed by atoms with van der Waals surface area (Å²) in [6.07, 6.45) is 1.55. The molecule has 0 fully saturated rings. The number of sulfonamides is 1. The highest BCUT2D eigenvalue weighted by Gasteiger charge is 2.28. The van der Waals surface area contributed by atoms with Crippen LogP contribution >= 0.6 is 0 Å². The number of fused-ring (bicyclic) bond motifs is 1. The number of H-pyrrole nitrogens is 1. The fraction of sp³-hybridized carbons (Fsp3) is 0.273. The van der Waals surface area contributed by atoms with E-state index in [9.17, 15) is 13.2 Å². The lowest BCUT2D eigenvalue weighted by Gasteiger charge is -2.18. The van der Waals surface area contributed by atoms with E-state index in [1.54, 1.807) is 31.3 Å². The van der Waals surface area contributed by atoms with Crippen LogP contribution in [0, 0.1) is 6.92 Å². The monoisotopic (exact) mass is 424 g/mol. The van der Waals surface area contributed by atoms with E-state index in [1.807, 2.05) is 37.3 Å². The van der Waals surface area contributed by atoms with Crippen molar-refractivity contribution in [3.8, 4) is 0 Å². The summed E-state index contributed by atoms with van der Waals surface area (Å²) in [6, 6.07) is 15.8. The number of nitrogens with zero attached hydrogens (tertiary/aromatic N) is 2. The van der Waals surface area contributed by atoms with E-state index in [0.717, 1.165) is 29.7 Å².